The highest BCUT2D eigenvalue weighted by Gasteiger charge is 2.33. The third kappa shape index (κ3) is 4.54. The number of benzene rings is 1. The minimum atomic E-state index is -3.05. The van der Waals surface area contributed by atoms with Crippen LogP contribution in [0.5, 0.6) is 0 Å². The normalized spacial score (nSPS) is 19.3. The molecule has 1 aromatic rings. The van der Waals surface area contributed by atoms with Crippen LogP contribution in [0.1, 0.15) is 29.3 Å². The third-order valence-corrected chi connectivity index (χ3v) is 5.83. The minimum Gasteiger partial charge on any atom is -0.350 e. The van der Waals surface area contributed by atoms with Gasteiger partial charge < -0.3 is 10.2 Å². The lowest BCUT2D eigenvalue weighted by Gasteiger charge is -2.27. The van der Waals surface area contributed by atoms with E-state index in [2.05, 4.69) is 5.32 Å². The largest absolute Gasteiger partial charge is 0.350 e. The molecule has 1 aliphatic heterocycles. The zero-order valence-corrected chi connectivity index (χ0v) is 14.2. The highest BCUT2D eigenvalue weighted by atomic mass is 32.2. The maximum absolute atomic E-state index is 12.1. The molecule has 0 saturated carbocycles. The van der Waals surface area contributed by atoms with Gasteiger partial charge in [-0.25, -0.2) is 8.42 Å². The van der Waals surface area contributed by atoms with Crippen LogP contribution in [0.3, 0.4) is 0 Å². The molecule has 1 aromatic carbocycles. The molecule has 1 unspecified atom stereocenters. The average molecular weight is 338 g/mol. The molecule has 1 atom stereocenters. The molecule has 126 valence electrons. The Hall–Kier alpha value is -1.89. The quantitative estimate of drug-likeness (QED) is 0.859. The monoisotopic (exact) mass is 338 g/mol. The molecule has 0 aliphatic carbocycles. The first-order chi connectivity index (χ1) is 10.8. The fourth-order valence-corrected chi connectivity index (χ4v) is 4.56. The van der Waals surface area contributed by atoms with E-state index >= 15 is 0 Å². The van der Waals surface area contributed by atoms with Crippen molar-refractivity contribution in [1.82, 2.24) is 10.2 Å². The number of carbonyl (C=O) groups is 2. The van der Waals surface area contributed by atoms with Crippen molar-refractivity contribution in [2.24, 2.45) is 0 Å². The Morgan fingerprint density at radius 1 is 1.30 bits per heavy atom. The molecule has 0 bridgehead atoms. The van der Waals surface area contributed by atoms with Gasteiger partial charge in [0, 0.05) is 31.6 Å². The smallest absolute Gasteiger partial charge is 0.251 e. The minimum absolute atomic E-state index is 0.0122. The van der Waals surface area contributed by atoms with Gasteiger partial charge in [0.15, 0.2) is 9.84 Å². The SMILES string of the molecule is CC(=O)N(CCNC(=O)c1ccccc1C)C1CCS(=O)(=O)C1. The van der Waals surface area contributed by atoms with E-state index in [0.717, 1.165) is 5.56 Å². The Labute approximate surface area is 136 Å². The Balaban J connectivity index is 1.92. The summed E-state index contributed by atoms with van der Waals surface area (Å²) in [5, 5.41) is 2.79. The van der Waals surface area contributed by atoms with Crippen LogP contribution in [0.15, 0.2) is 24.3 Å². The van der Waals surface area contributed by atoms with Gasteiger partial charge in [0.2, 0.25) is 5.91 Å². The number of nitrogens with one attached hydrogen (secondary N) is 1. The third-order valence-electron chi connectivity index (χ3n) is 4.08. The predicted octanol–water partition coefficient (Wildman–Crippen LogP) is 0.760. The maximum Gasteiger partial charge on any atom is 0.251 e. The van der Waals surface area contributed by atoms with Crippen molar-refractivity contribution in [3.8, 4) is 0 Å². The summed E-state index contributed by atoms with van der Waals surface area (Å²) in [5.74, 6) is -0.224. The number of amides is 2. The molecule has 2 amide bonds. The summed E-state index contributed by atoms with van der Waals surface area (Å²) in [4.78, 5) is 25.4. The lowest BCUT2D eigenvalue weighted by molar-refractivity contribution is -0.130. The Bertz CT molecular complexity index is 700. The molecule has 6 nitrogen and oxygen atoms in total. The van der Waals surface area contributed by atoms with Crippen LogP contribution in [0.25, 0.3) is 0 Å². The second-order valence-electron chi connectivity index (χ2n) is 5.84. The molecule has 1 saturated heterocycles. The van der Waals surface area contributed by atoms with Crippen molar-refractivity contribution < 1.29 is 18.0 Å². The zero-order valence-electron chi connectivity index (χ0n) is 13.4. The van der Waals surface area contributed by atoms with Gasteiger partial charge in [0.1, 0.15) is 0 Å². The van der Waals surface area contributed by atoms with Crippen LogP contribution in [0.2, 0.25) is 0 Å². The number of rotatable bonds is 5. The molecule has 1 fully saturated rings. The molecule has 1 N–H and O–H groups in total. The van der Waals surface area contributed by atoms with Gasteiger partial charge in [-0.2, -0.15) is 0 Å². The summed E-state index contributed by atoms with van der Waals surface area (Å²) in [6.07, 6.45) is 0.466. The van der Waals surface area contributed by atoms with E-state index in [4.69, 9.17) is 0 Å². The summed E-state index contributed by atoms with van der Waals surface area (Å²) in [6.45, 7) is 3.89. The predicted molar refractivity (Wildman–Crippen MR) is 88.0 cm³/mol. The molecule has 7 heteroatoms. The molecule has 0 aromatic heterocycles. The van der Waals surface area contributed by atoms with E-state index < -0.39 is 9.84 Å². The fourth-order valence-electron chi connectivity index (χ4n) is 2.83. The van der Waals surface area contributed by atoms with Gasteiger partial charge in [-0.15, -0.1) is 0 Å². The Morgan fingerprint density at radius 2 is 2.00 bits per heavy atom. The molecule has 0 radical (unpaired) electrons. The first-order valence-electron chi connectivity index (χ1n) is 7.61. The van der Waals surface area contributed by atoms with Crippen molar-refractivity contribution in [1.29, 1.82) is 0 Å². The van der Waals surface area contributed by atoms with E-state index in [-0.39, 0.29) is 29.4 Å². The zero-order chi connectivity index (χ0) is 17.0. The summed E-state index contributed by atoms with van der Waals surface area (Å²) in [5.41, 5.74) is 1.49. The maximum atomic E-state index is 12.1. The van der Waals surface area contributed by atoms with E-state index in [1.807, 2.05) is 19.1 Å². The van der Waals surface area contributed by atoms with Crippen LogP contribution in [-0.4, -0.2) is 55.8 Å². The van der Waals surface area contributed by atoms with E-state index in [9.17, 15) is 18.0 Å². The first kappa shape index (κ1) is 17.5. The van der Waals surface area contributed by atoms with E-state index in [1.54, 1.807) is 17.0 Å². The topological polar surface area (TPSA) is 83.6 Å². The van der Waals surface area contributed by atoms with Gasteiger partial charge in [-0.05, 0) is 25.0 Å². The summed E-state index contributed by atoms with van der Waals surface area (Å²) in [6, 6.07) is 6.99. The second kappa shape index (κ2) is 7.12. The van der Waals surface area contributed by atoms with Crippen LogP contribution in [0.4, 0.5) is 0 Å². The number of hydrogen-bond acceptors (Lipinski definition) is 4. The Kier molecular flexibility index (Phi) is 5.41. The van der Waals surface area contributed by atoms with Crippen LogP contribution in [0, 0.1) is 6.92 Å². The number of sulfone groups is 1. The number of nitrogens with zero attached hydrogens (tertiary/aromatic N) is 1. The van der Waals surface area contributed by atoms with Gasteiger partial charge >= 0.3 is 0 Å². The molecular formula is C16H22N2O4S. The number of hydrogen-bond donors (Lipinski definition) is 1. The molecule has 23 heavy (non-hydrogen) atoms. The lowest BCUT2D eigenvalue weighted by atomic mass is 10.1. The molecule has 1 heterocycles. The molecule has 1 aliphatic rings. The highest BCUT2D eigenvalue weighted by molar-refractivity contribution is 7.91. The lowest BCUT2D eigenvalue weighted by Crippen LogP contribution is -2.44. The number of aryl methyl sites for hydroxylation is 1. The Morgan fingerprint density at radius 3 is 2.57 bits per heavy atom. The van der Waals surface area contributed by atoms with Crippen LogP contribution in [-0.2, 0) is 14.6 Å². The summed E-state index contributed by atoms with van der Waals surface area (Å²) < 4.78 is 23.1. The van der Waals surface area contributed by atoms with Crippen LogP contribution >= 0.6 is 0 Å². The van der Waals surface area contributed by atoms with Crippen molar-refractivity contribution in [2.45, 2.75) is 26.3 Å². The van der Waals surface area contributed by atoms with Gasteiger partial charge in [-0.1, -0.05) is 18.2 Å². The molecule has 0 spiro atoms. The van der Waals surface area contributed by atoms with Gasteiger partial charge in [-0.3, -0.25) is 9.59 Å². The second-order valence-corrected chi connectivity index (χ2v) is 8.07. The highest BCUT2D eigenvalue weighted by Crippen LogP contribution is 2.17. The molecule has 2 rings (SSSR count). The average Bonchev–Trinajstić information content (AvgIpc) is 2.83. The number of carbonyl (C=O) groups excluding carboxylic acids is 2. The van der Waals surface area contributed by atoms with Crippen molar-refractivity contribution >= 4 is 21.7 Å². The van der Waals surface area contributed by atoms with E-state index in [1.165, 1.54) is 6.92 Å². The van der Waals surface area contributed by atoms with Crippen molar-refractivity contribution in [3.05, 3.63) is 35.4 Å². The molecular weight excluding hydrogens is 316 g/mol. The van der Waals surface area contributed by atoms with Gasteiger partial charge in [0.25, 0.3) is 5.91 Å². The van der Waals surface area contributed by atoms with Crippen molar-refractivity contribution in [2.75, 3.05) is 24.6 Å². The van der Waals surface area contributed by atoms with E-state index in [0.29, 0.717) is 25.1 Å². The van der Waals surface area contributed by atoms with Gasteiger partial charge in [0.05, 0.1) is 11.5 Å². The summed E-state index contributed by atoms with van der Waals surface area (Å²) in [7, 11) is -3.05. The summed E-state index contributed by atoms with van der Waals surface area (Å²) >= 11 is 0. The fraction of sp³-hybridized carbons (Fsp3) is 0.500. The van der Waals surface area contributed by atoms with Crippen molar-refractivity contribution in [3.63, 3.8) is 0 Å². The standard InChI is InChI=1S/C16H22N2O4S/c1-12-5-3-4-6-15(12)16(20)17-8-9-18(13(2)19)14-7-10-23(21,22)11-14/h3-6,14H,7-11H2,1-2H3,(H,17,20). The first-order valence-corrected chi connectivity index (χ1v) is 9.44. The van der Waals surface area contributed by atoms with Crippen LogP contribution < -0.4 is 5.32 Å².